The minimum atomic E-state index is -3.41. The molecular weight excluding hydrogens is 319 g/mol. The van der Waals surface area contributed by atoms with Gasteiger partial charge in [0.05, 0.1) is 4.90 Å². The van der Waals surface area contributed by atoms with E-state index in [1.165, 1.54) is 6.07 Å². The Bertz CT molecular complexity index is 555. The smallest absolute Gasteiger partial charge is 0.243 e. The second-order valence-corrected chi connectivity index (χ2v) is 7.22. The van der Waals surface area contributed by atoms with E-state index in [2.05, 4.69) is 5.32 Å². The van der Waals surface area contributed by atoms with Crippen LogP contribution in [-0.4, -0.2) is 38.9 Å². The molecule has 0 aromatic heterocycles. The summed E-state index contributed by atoms with van der Waals surface area (Å²) < 4.78 is 26.5. The minimum Gasteiger partial charge on any atom is -0.317 e. The van der Waals surface area contributed by atoms with Gasteiger partial charge in [0.25, 0.3) is 0 Å². The van der Waals surface area contributed by atoms with Crippen LogP contribution in [0.1, 0.15) is 18.4 Å². The summed E-state index contributed by atoms with van der Waals surface area (Å²) in [5.74, 6) is 0. The molecule has 1 N–H and O–H groups in total. The van der Waals surface area contributed by atoms with E-state index in [-0.39, 0.29) is 17.3 Å². The molecule has 7 heteroatoms. The second kappa shape index (κ2) is 7.09. The van der Waals surface area contributed by atoms with Gasteiger partial charge in [0.2, 0.25) is 10.0 Å². The van der Waals surface area contributed by atoms with E-state index in [1.807, 2.05) is 14.0 Å². The third-order valence-electron chi connectivity index (χ3n) is 3.64. The van der Waals surface area contributed by atoms with Crippen LogP contribution in [-0.2, 0) is 10.0 Å². The fourth-order valence-corrected chi connectivity index (χ4v) is 4.01. The maximum Gasteiger partial charge on any atom is 0.243 e. The first-order chi connectivity index (χ1) is 8.95. The number of piperidine rings is 1. The lowest BCUT2D eigenvalue weighted by molar-refractivity contribution is 0.298. The average Bonchev–Trinajstić information content (AvgIpc) is 2.41. The summed E-state index contributed by atoms with van der Waals surface area (Å²) in [4.78, 5) is 0.283. The maximum absolute atomic E-state index is 12.5. The maximum atomic E-state index is 12.5. The van der Waals surface area contributed by atoms with Gasteiger partial charge in [-0.3, -0.25) is 0 Å². The first-order valence-corrected chi connectivity index (χ1v) is 8.20. The summed E-state index contributed by atoms with van der Waals surface area (Å²) >= 11 is 6.01. The predicted molar refractivity (Wildman–Crippen MR) is 84.3 cm³/mol. The monoisotopic (exact) mass is 338 g/mol. The molecule has 2 rings (SSSR count). The van der Waals surface area contributed by atoms with Crippen molar-refractivity contribution in [1.82, 2.24) is 9.62 Å². The summed E-state index contributed by atoms with van der Waals surface area (Å²) in [6.07, 6.45) is 1.69. The Morgan fingerprint density at radius 2 is 1.90 bits per heavy atom. The molecule has 20 heavy (non-hydrogen) atoms. The van der Waals surface area contributed by atoms with Crippen LogP contribution in [0.3, 0.4) is 0 Å². The lowest BCUT2D eigenvalue weighted by Crippen LogP contribution is -2.43. The van der Waals surface area contributed by atoms with Crippen LogP contribution in [0.5, 0.6) is 0 Å². The Hall–Kier alpha value is -0.330. The van der Waals surface area contributed by atoms with Crippen LogP contribution in [0.25, 0.3) is 0 Å². The highest BCUT2D eigenvalue weighted by Gasteiger charge is 2.29. The fourth-order valence-electron chi connectivity index (χ4n) is 2.27. The van der Waals surface area contributed by atoms with Crippen LogP contribution >= 0.6 is 24.0 Å². The topological polar surface area (TPSA) is 49.4 Å². The molecule has 114 valence electrons. The fraction of sp³-hybridized carbons (Fsp3) is 0.538. The Kier molecular flexibility index (Phi) is 6.28. The zero-order valence-corrected chi connectivity index (χ0v) is 14.0. The van der Waals surface area contributed by atoms with Crippen molar-refractivity contribution in [2.24, 2.45) is 0 Å². The van der Waals surface area contributed by atoms with E-state index in [1.54, 1.807) is 16.4 Å². The summed E-state index contributed by atoms with van der Waals surface area (Å²) in [5.41, 5.74) is 0.884. The summed E-state index contributed by atoms with van der Waals surface area (Å²) in [6.45, 7) is 2.97. The number of halogens is 2. The molecule has 4 nitrogen and oxygen atoms in total. The molecule has 0 spiro atoms. The van der Waals surface area contributed by atoms with Crippen LogP contribution in [0.15, 0.2) is 23.1 Å². The number of aryl methyl sites for hydroxylation is 1. The standard InChI is InChI=1S/C13H19ClN2O2S.ClH/c1-10-3-4-12(9-13(10)14)19(17,18)16-7-5-11(15-2)6-8-16;/h3-4,9,11,15H,5-8H2,1-2H3;1H. The Morgan fingerprint density at radius 3 is 2.40 bits per heavy atom. The number of rotatable bonds is 3. The van der Waals surface area contributed by atoms with Gasteiger partial charge in [-0.2, -0.15) is 4.31 Å². The van der Waals surface area contributed by atoms with Gasteiger partial charge in [-0.1, -0.05) is 17.7 Å². The van der Waals surface area contributed by atoms with E-state index in [0.717, 1.165) is 18.4 Å². The molecule has 1 saturated heterocycles. The van der Waals surface area contributed by atoms with Crippen LogP contribution < -0.4 is 5.32 Å². The highest BCUT2D eigenvalue weighted by Crippen LogP contribution is 2.24. The lowest BCUT2D eigenvalue weighted by atomic mass is 10.1. The average molecular weight is 339 g/mol. The molecule has 1 aliphatic heterocycles. The van der Waals surface area contributed by atoms with Gasteiger partial charge >= 0.3 is 0 Å². The number of sulfonamides is 1. The van der Waals surface area contributed by atoms with Crippen molar-refractivity contribution in [3.63, 3.8) is 0 Å². The zero-order chi connectivity index (χ0) is 14.0. The molecule has 1 aromatic rings. The molecular formula is C13H20Cl2N2O2S. The Labute approximate surface area is 132 Å². The van der Waals surface area contributed by atoms with E-state index in [0.29, 0.717) is 24.2 Å². The molecule has 1 aliphatic rings. The van der Waals surface area contributed by atoms with Crippen molar-refractivity contribution in [2.45, 2.75) is 30.7 Å². The molecule has 0 radical (unpaired) electrons. The SMILES string of the molecule is CNC1CCN(S(=O)(=O)c2ccc(C)c(Cl)c2)CC1.Cl. The molecule has 0 amide bonds. The number of benzene rings is 1. The molecule has 0 aliphatic carbocycles. The van der Waals surface area contributed by atoms with E-state index in [9.17, 15) is 8.42 Å². The molecule has 1 fully saturated rings. The van der Waals surface area contributed by atoms with Gasteiger partial charge < -0.3 is 5.32 Å². The summed E-state index contributed by atoms with van der Waals surface area (Å²) in [5, 5.41) is 3.68. The quantitative estimate of drug-likeness (QED) is 0.920. The van der Waals surface area contributed by atoms with Crippen molar-refractivity contribution in [3.8, 4) is 0 Å². The van der Waals surface area contributed by atoms with E-state index < -0.39 is 10.0 Å². The molecule has 0 saturated carbocycles. The molecule has 0 bridgehead atoms. The largest absolute Gasteiger partial charge is 0.317 e. The highest BCUT2D eigenvalue weighted by molar-refractivity contribution is 7.89. The molecule has 1 aromatic carbocycles. The molecule has 0 unspecified atom stereocenters. The van der Waals surface area contributed by atoms with Gasteiger partial charge in [-0.15, -0.1) is 12.4 Å². The number of hydrogen-bond donors (Lipinski definition) is 1. The number of hydrogen-bond acceptors (Lipinski definition) is 3. The highest BCUT2D eigenvalue weighted by atomic mass is 35.5. The van der Waals surface area contributed by atoms with Crippen LogP contribution in [0.2, 0.25) is 5.02 Å². The second-order valence-electron chi connectivity index (χ2n) is 4.88. The molecule has 0 atom stereocenters. The Balaban J connectivity index is 0.00000200. The first kappa shape index (κ1) is 17.7. The normalized spacial score (nSPS) is 17.8. The summed E-state index contributed by atoms with van der Waals surface area (Å²) in [6, 6.07) is 5.32. The van der Waals surface area contributed by atoms with E-state index >= 15 is 0 Å². The van der Waals surface area contributed by atoms with Crippen molar-refractivity contribution in [1.29, 1.82) is 0 Å². The van der Waals surface area contributed by atoms with Crippen LogP contribution in [0.4, 0.5) is 0 Å². The predicted octanol–water partition coefficient (Wildman–Crippen LogP) is 2.44. The van der Waals surface area contributed by atoms with Gasteiger partial charge in [0.1, 0.15) is 0 Å². The van der Waals surface area contributed by atoms with E-state index in [4.69, 9.17) is 11.6 Å². The number of nitrogens with one attached hydrogen (secondary N) is 1. The zero-order valence-electron chi connectivity index (χ0n) is 11.6. The van der Waals surface area contributed by atoms with Gasteiger partial charge in [-0.25, -0.2) is 8.42 Å². The third-order valence-corrected chi connectivity index (χ3v) is 5.95. The van der Waals surface area contributed by atoms with Crippen molar-refractivity contribution >= 4 is 34.0 Å². The molecule has 1 heterocycles. The van der Waals surface area contributed by atoms with Crippen molar-refractivity contribution < 1.29 is 8.42 Å². The number of nitrogens with zero attached hydrogens (tertiary/aromatic N) is 1. The van der Waals surface area contributed by atoms with Gasteiger partial charge in [0, 0.05) is 24.2 Å². The van der Waals surface area contributed by atoms with Crippen LogP contribution in [0, 0.1) is 6.92 Å². The minimum absolute atomic E-state index is 0. The van der Waals surface area contributed by atoms with Gasteiger partial charge in [-0.05, 0) is 44.5 Å². The van der Waals surface area contributed by atoms with Gasteiger partial charge in [0.15, 0.2) is 0 Å². The Morgan fingerprint density at radius 1 is 1.30 bits per heavy atom. The lowest BCUT2D eigenvalue weighted by Gasteiger charge is -2.31. The summed E-state index contributed by atoms with van der Waals surface area (Å²) in [7, 11) is -1.50. The third kappa shape index (κ3) is 3.65. The van der Waals surface area contributed by atoms with Crippen molar-refractivity contribution in [3.05, 3.63) is 28.8 Å². The van der Waals surface area contributed by atoms with Crippen molar-refractivity contribution in [2.75, 3.05) is 20.1 Å². The first-order valence-electron chi connectivity index (χ1n) is 6.38.